The number of rotatable bonds is 2. The summed E-state index contributed by atoms with van der Waals surface area (Å²) in [5.74, 6) is 5.02. The molecule has 0 heterocycles. The predicted molar refractivity (Wildman–Crippen MR) is 46.9 cm³/mol. The normalized spacial score (nSPS) is 21.8. The van der Waals surface area contributed by atoms with Gasteiger partial charge in [-0.05, 0) is 12.8 Å². The molecule has 70 valence electrons. The molecule has 12 heavy (non-hydrogen) atoms. The summed E-state index contributed by atoms with van der Waals surface area (Å²) < 4.78 is 0. The van der Waals surface area contributed by atoms with E-state index in [4.69, 9.17) is 11.6 Å². The lowest BCUT2D eigenvalue weighted by atomic mass is 9.73. The number of carbonyl (C=O) groups excluding carboxylic acids is 1. The Balaban J connectivity index is 2.66. The van der Waals surface area contributed by atoms with Crippen LogP contribution in [0.3, 0.4) is 0 Å². The van der Waals surface area contributed by atoms with Crippen LogP contribution in [0.2, 0.25) is 0 Å². The first kappa shape index (κ1) is 9.48. The molecule has 0 aliphatic heterocycles. The van der Waals surface area contributed by atoms with E-state index in [0.29, 0.717) is 6.54 Å². The van der Waals surface area contributed by atoms with Gasteiger partial charge in [0.1, 0.15) is 0 Å². The van der Waals surface area contributed by atoms with Crippen LogP contribution in [-0.4, -0.2) is 12.5 Å². The Morgan fingerprint density at radius 1 is 1.33 bits per heavy atom. The van der Waals surface area contributed by atoms with Gasteiger partial charge >= 0.3 is 0 Å². The zero-order valence-electron chi connectivity index (χ0n) is 7.31. The first-order chi connectivity index (χ1) is 5.75. The molecule has 0 atom stereocenters. The highest BCUT2D eigenvalue weighted by molar-refractivity contribution is 5.82. The molecular formula is C8H17N3O. The number of nitrogens with two attached hydrogens (primary N) is 2. The number of hydrogen-bond donors (Lipinski definition) is 3. The molecule has 0 aromatic heterocycles. The SMILES string of the molecule is NCC1(C(=O)NN)CCCCC1. The summed E-state index contributed by atoms with van der Waals surface area (Å²) in [6.45, 7) is 0.413. The van der Waals surface area contributed by atoms with Crippen LogP contribution >= 0.6 is 0 Å². The van der Waals surface area contributed by atoms with Gasteiger partial charge in [-0.2, -0.15) is 0 Å². The standard InChI is InChI=1S/C8H17N3O/c9-6-8(7(12)11-10)4-2-1-3-5-8/h1-6,9-10H2,(H,11,12). The summed E-state index contributed by atoms with van der Waals surface area (Å²) in [5, 5.41) is 0. The zero-order valence-corrected chi connectivity index (χ0v) is 7.31. The number of hydrazine groups is 1. The minimum absolute atomic E-state index is 0.0929. The number of nitrogens with one attached hydrogen (secondary N) is 1. The van der Waals surface area contributed by atoms with E-state index in [0.717, 1.165) is 25.7 Å². The maximum atomic E-state index is 11.4. The molecular weight excluding hydrogens is 154 g/mol. The molecule has 4 heteroatoms. The van der Waals surface area contributed by atoms with Crippen LogP contribution in [0, 0.1) is 5.41 Å². The van der Waals surface area contributed by atoms with Gasteiger partial charge < -0.3 is 5.73 Å². The number of amides is 1. The second kappa shape index (κ2) is 3.87. The van der Waals surface area contributed by atoms with Crippen molar-refractivity contribution >= 4 is 5.91 Å². The van der Waals surface area contributed by atoms with E-state index in [2.05, 4.69) is 5.43 Å². The van der Waals surface area contributed by atoms with Crippen molar-refractivity contribution in [3.8, 4) is 0 Å². The number of hydrogen-bond acceptors (Lipinski definition) is 3. The van der Waals surface area contributed by atoms with Crippen molar-refractivity contribution in [1.29, 1.82) is 0 Å². The summed E-state index contributed by atoms with van der Waals surface area (Å²) in [4.78, 5) is 11.4. The van der Waals surface area contributed by atoms with Gasteiger partial charge in [0.05, 0.1) is 5.41 Å². The average Bonchev–Trinajstić information content (AvgIpc) is 2.17. The Morgan fingerprint density at radius 3 is 2.33 bits per heavy atom. The summed E-state index contributed by atoms with van der Waals surface area (Å²) in [5.41, 5.74) is 7.44. The van der Waals surface area contributed by atoms with Crippen molar-refractivity contribution in [2.24, 2.45) is 17.0 Å². The minimum atomic E-state index is -0.368. The third-order valence-corrected chi connectivity index (χ3v) is 2.81. The van der Waals surface area contributed by atoms with Crippen LogP contribution in [0.5, 0.6) is 0 Å². The summed E-state index contributed by atoms with van der Waals surface area (Å²) in [6, 6.07) is 0. The van der Waals surface area contributed by atoms with E-state index in [9.17, 15) is 4.79 Å². The van der Waals surface area contributed by atoms with Crippen molar-refractivity contribution in [3.05, 3.63) is 0 Å². The van der Waals surface area contributed by atoms with E-state index in [1.165, 1.54) is 6.42 Å². The molecule has 1 amide bonds. The van der Waals surface area contributed by atoms with Gasteiger partial charge in [-0.15, -0.1) is 0 Å². The van der Waals surface area contributed by atoms with E-state index in [1.807, 2.05) is 0 Å². The molecule has 0 aromatic carbocycles. The van der Waals surface area contributed by atoms with Gasteiger partial charge in [0.25, 0.3) is 0 Å². The quantitative estimate of drug-likeness (QED) is 0.308. The molecule has 5 N–H and O–H groups in total. The molecule has 4 nitrogen and oxygen atoms in total. The first-order valence-electron chi connectivity index (χ1n) is 4.46. The van der Waals surface area contributed by atoms with Crippen LogP contribution in [0.25, 0.3) is 0 Å². The van der Waals surface area contributed by atoms with Gasteiger partial charge in [0, 0.05) is 6.54 Å². The molecule has 0 spiro atoms. The molecule has 1 aliphatic carbocycles. The molecule has 0 aromatic rings. The second-order valence-corrected chi connectivity index (χ2v) is 3.52. The van der Waals surface area contributed by atoms with Gasteiger partial charge in [-0.3, -0.25) is 10.2 Å². The molecule has 1 rings (SSSR count). The Bertz CT molecular complexity index is 164. The largest absolute Gasteiger partial charge is 0.329 e. The Labute approximate surface area is 72.6 Å². The van der Waals surface area contributed by atoms with Crippen molar-refractivity contribution in [2.45, 2.75) is 32.1 Å². The van der Waals surface area contributed by atoms with Gasteiger partial charge in [0.15, 0.2) is 0 Å². The fourth-order valence-electron chi connectivity index (χ4n) is 1.91. The highest BCUT2D eigenvalue weighted by atomic mass is 16.2. The molecule has 0 unspecified atom stereocenters. The average molecular weight is 171 g/mol. The molecule has 1 fully saturated rings. The summed E-state index contributed by atoms with van der Waals surface area (Å²) in [7, 11) is 0. The zero-order chi connectivity index (χ0) is 9.03. The smallest absolute Gasteiger partial charge is 0.241 e. The maximum Gasteiger partial charge on any atom is 0.241 e. The van der Waals surface area contributed by atoms with Crippen LogP contribution in [0.15, 0.2) is 0 Å². The van der Waals surface area contributed by atoms with E-state index in [1.54, 1.807) is 0 Å². The highest BCUT2D eigenvalue weighted by Gasteiger charge is 2.37. The summed E-state index contributed by atoms with van der Waals surface area (Å²) >= 11 is 0. The van der Waals surface area contributed by atoms with Crippen molar-refractivity contribution < 1.29 is 4.79 Å². The van der Waals surface area contributed by atoms with Crippen molar-refractivity contribution in [1.82, 2.24) is 5.43 Å². The Hall–Kier alpha value is -0.610. The molecule has 1 saturated carbocycles. The third-order valence-electron chi connectivity index (χ3n) is 2.81. The Kier molecular flexibility index (Phi) is 3.05. The summed E-state index contributed by atoms with van der Waals surface area (Å²) in [6.07, 6.45) is 5.15. The predicted octanol–water partition coefficient (Wildman–Crippen LogP) is -0.115. The van der Waals surface area contributed by atoms with Crippen molar-refractivity contribution in [2.75, 3.05) is 6.54 Å². The van der Waals surface area contributed by atoms with E-state index < -0.39 is 0 Å². The first-order valence-corrected chi connectivity index (χ1v) is 4.46. The number of carbonyl (C=O) groups is 1. The van der Waals surface area contributed by atoms with Gasteiger partial charge in [0.2, 0.25) is 5.91 Å². The van der Waals surface area contributed by atoms with E-state index in [-0.39, 0.29) is 11.3 Å². The second-order valence-electron chi connectivity index (χ2n) is 3.52. The minimum Gasteiger partial charge on any atom is -0.329 e. The Morgan fingerprint density at radius 2 is 1.92 bits per heavy atom. The topological polar surface area (TPSA) is 81.1 Å². The highest BCUT2D eigenvalue weighted by Crippen LogP contribution is 2.35. The van der Waals surface area contributed by atoms with Crippen LogP contribution in [-0.2, 0) is 4.79 Å². The lowest BCUT2D eigenvalue weighted by Gasteiger charge is -2.33. The van der Waals surface area contributed by atoms with Gasteiger partial charge in [-0.1, -0.05) is 19.3 Å². The van der Waals surface area contributed by atoms with E-state index >= 15 is 0 Å². The maximum absolute atomic E-state index is 11.4. The fraction of sp³-hybridized carbons (Fsp3) is 0.875. The molecule has 0 saturated heterocycles. The van der Waals surface area contributed by atoms with Crippen molar-refractivity contribution in [3.63, 3.8) is 0 Å². The lowest BCUT2D eigenvalue weighted by molar-refractivity contribution is -0.132. The van der Waals surface area contributed by atoms with Crippen LogP contribution in [0.4, 0.5) is 0 Å². The monoisotopic (exact) mass is 171 g/mol. The van der Waals surface area contributed by atoms with Crippen LogP contribution < -0.4 is 17.0 Å². The molecule has 0 radical (unpaired) electrons. The lowest BCUT2D eigenvalue weighted by Crippen LogP contribution is -2.49. The van der Waals surface area contributed by atoms with Gasteiger partial charge in [-0.25, -0.2) is 5.84 Å². The fourth-order valence-corrected chi connectivity index (χ4v) is 1.91. The molecule has 0 bridgehead atoms. The third kappa shape index (κ3) is 1.59. The molecule has 1 aliphatic rings. The van der Waals surface area contributed by atoms with Crippen LogP contribution in [0.1, 0.15) is 32.1 Å².